The fraction of sp³-hybridized carbons (Fsp3) is 0.600. The van der Waals surface area contributed by atoms with E-state index in [0.717, 1.165) is 43.6 Å². The Bertz CT molecular complexity index is 656. The molecular weight excluding hydrogens is 314 g/mol. The zero-order chi connectivity index (χ0) is 18.0. The lowest BCUT2D eigenvalue weighted by Gasteiger charge is -2.23. The van der Waals surface area contributed by atoms with Crippen molar-refractivity contribution in [2.24, 2.45) is 5.92 Å². The number of amides is 2. The first-order valence-corrected chi connectivity index (χ1v) is 9.33. The van der Waals surface area contributed by atoms with Gasteiger partial charge in [0.1, 0.15) is 0 Å². The highest BCUT2D eigenvalue weighted by atomic mass is 16.2. The van der Waals surface area contributed by atoms with Crippen LogP contribution in [0.1, 0.15) is 37.3 Å². The summed E-state index contributed by atoms with van der Waals surface area (Å²) in [4.78, 5) is 28.3. The molecule has 1 aromatic rings. The van der Waals surface area contributed by atoms with Gasteiger partial charge in [-0.3, -0.25) is 9.59 Å². The van der Waals surface area contributed by atoms with Crippen LogP contribution in [0.15, 0.2) is 18.2 Å². The summed E-state index contributed by atoms with van der Waals surface area (Å²) in [6.07, 6.45) is 3.94. The normalized spacial score (nSPS) is 22.4. The molecule has 0 spiro atoms. The molecule has 1 aromatic carbocycles. The largest absolute Gasteiger partial charge is 0.341 e. The maximum atomic E-state index is 12.5. The Balaban J connectivity index is 1.49. The standard InChI is InChI=1S/C20H29N3O2/c1-4-15-12-23(13-18(15)22(2)3)20(25)7-5-6-14-8-9-17-16(10-14)11-19(24)21-17/h8-10,15,18H,4-7,11-13H2,1-3H3,(H,21,24). The van der Waals surface area contributed by atoms with Crippen molar-refractivity contribution in [3.05, 3.63) is 29.3 Å². The molecule has 0 bridgehead atoms. The molecule has 2 atom stereocenters. The van der Waals surface area contributed by atoms with E-state index in [1.165, 1.54) is 5.56 Å². The van der Waals surface area contributed by atoms with Crippen molar-refractivity contribution < 1.29 is 9.59 Å². The van der Waals surface area contributed by atoms with Crippen molar-refractivity contribution in [2.75, 3.05) is 32.5 Å². The molecule has 0 radical (unpaired) electrons. The average Bonchev–Trinajstić information content (AvgIpc) is 3.16. The van der Waals surface area contributed by atoms with E-state index in [4.69, 9.17) is 0 Å². The van der Waals surface area contributed by atoms with Crippen LogP contribution in [0.2, 0.25) is 0 Å². The van der Waals surface area contributed by atoms with Crippen LogP contribution in [0.5, 0.6) is 0 Å². The number of fused-ring (bicyclic) bond motifs is 1. The number of nitrogens with zero attached hydrogens (tertiary/aromatic N) is 2. The summed E-state index contributed by atoms with van der Waals surface area (Å²) in [5.41, 5.74) is 3.22. The first-order valence-electron chi connectivity index (χ1n) is 9.33. The highest BCUT2D eigenvalue weighted by molar-refractivity contribution is 5.99. The smallest absolute Gasteiger partial charge is 0.228 e. The molecule has 2 unspecified atom stereocenters. The Morgan fingerprint density at radius 3 is 2.80 bits per heavy atom. The molecule has 1 fully saturated rings. The van der Waals surface area contributed by atoms with Crippen molar-refractivity contribution in [1.29, 1.82) is 0 Å². The van der Waals surface area contributed by atoms with E-state index in [1.54, 1.807) is 0 Å². The third-order valence-corrected chi connectivity index (χ3v) is 5.60. The molecule has 2 aliphatic rings. The Hall–Kier alpha value is -1.88. The molecule has 5 heteroatoms. The number of nitrogens with one attached hydrogen (secondary N) is 1. The summed E-state index contributed by atoms with van der Waals surface area (Å²) in [6, 6.07) is 6.62. The molecule has 2 heterocycles. The predicted octanol–water partition coefficient (Wildman–Crippen LogP) is 2.30. The fourth-order valence-corrected chi connectivity index (χ4v) is 4.08. The summed E-state index contributed by atoms with van der Waals surface area (Å²) in [5.74, 6) is 0.929. The first-order chi connectivity index (χ1) is 12.0. The monoisotopic (exact) mass is 343 g/mol. The van der Waals surface area contributed by atoms with Crippen LogP contribution in [0.3, 0.4) is 0 Å². The zero-order valence-electron chi connectivity index (χ0n) is 15.5. The molecule has 3 rings (SSSR count). The maximum Gasteiger partial charge on any atom is 0.228 e. The summed E-state index contributed by atoms with van der Waals surface area (Å²) in [5, 5.41) is 2.86. The van der Waals surface area contributed by atoms with E-state index in [0.29, 0.717) is 24.8 Å². The van der Waals surface area contributed by atoms with Crippen LogP contribution in [0, 0.1) is 5.92 Å². The van der Waals surface area contributed by atoms with E-state index in [1.807, 2.05) is 11.0 Å². The Morgan fingerprint density at radius 2 is 2.12 bits per heavy atom. The molecule has 136 valence electrons. The topological polar surface area (TPSA) is 52.7 Å². The van der Waals surface area contributed by atoms with Crippen molar-refractivity contribution >= 4 is 17.5 Å². The fourth-order valence-electron chi connectivity index (χ4n) is 4.08. The average molecular weight is 343 g/mol. The van der Waals surface area contributed by atoms with Gasteiger partial charge in [-0.25, -0.2) is 0 Å². The van der Waals surface area contributed by atoms with Crippen LogP contribution in [0.4, 0.5) is 5.69 Å². The second-order valence-corrected chi connectivity index (χ2v) is 7.57. The lowest BCUT2D eigenvalue weighted by Crippen LogP contribution is -2.36. The Kier molecular flexibility index (Phi) is 5.42. The van der Waals surface area contributed by atoms with Crippen LogP contribution < -0.4 is 5.32 Å². The SMILES string of the molecule is CCC1CN(C(=O)CCCc2ccc3c(c2)CC(=O)N3)CC1N(C)C. The van der Waals surface area contributed by atoms with E-state index >= 15 is 0 Å². The minimum absolute atomic E-state index is 0.0669. The Morgan fingerprint density at radius 1 is 1.32 bits per heavy atom. The second-order valence-electron chi connectivity index (χ2n) is 7.57. The number of likely N-dealkylation sites (N-methyl/N-ethyl adjacent to an activating group) is 1. The highest BCUT2D eigenvalue weighted by Gasteiger charge is 2.34. The molecule has 1 saturated heterocycles. The summed E-state index contributed by atoms with van der Waals surface area (Å²) in [7, 11) is 4.21. The predicted molar refractivity (Wildman–Crippen MR) is 99.5 cm³/mol. The molecule has 1 N–H and O–H groups in total. The quantitative estimate of drug-likeness (QED) is 0.862. The van der Waals surface area contributed by atoms with E-state index in [2.05, 4.69) is 43.4 Å². The van der Waals surface area contributed by atoms with Gasteiger partial charge in [0.15, 0.2) is 0 Å². The van der Waals surface area contributed by atoms with Gasteiger partial charge in [0.05, 0.1) is 6.42 Å². The summed E-state index contributed by atoms with van der Waals surface area (Å²) < 4.78 is 0. The van der Waals surface area contributed by atoms with Gasteiger partial charge in [-0.2, -0.15) is 0 Å². The summed E-state index contributed by atoms with van der Waals surface area (Å²) in [6.45, 7) is 3.96. The molecular formula is C20H29N3O2. The van der Waals surface area contributed by atoms with Crippen LogP contribution >= 0.6 is 0 Å². The second kappa shape index (κ2) is 7.56. The van der Waals surface area contributed by atoms with Crippen molar-refractivity contribution in [3.63, 3.8) is 0 Å². The van der Waals surface area contributed by atoms with Gasteiger partial charge in [-0.05, 0) is 50.0 Å². The van der Waals surface area contributed by atoms with Gasteiger partial charge < -0.3 is 15.1 Å². The van der Waals surface area contributed by atoms with Crippen molar-refractivity contribution in [3.8, 4) is 0 Å². The maximum absolute atomic E-state index is 12.5. The van der Waals surface area contributed by atoms with Gasteiger partial charge >= 0.3 is 0 Å². The van der Waals surface area contributed by atoms with Gasteiger partial charge in [-0.15, -0.1) is 0 Å². The van der Waals surface area contributed by atoms with Gasteiger partial charge in [0.25, 0.3) is 0 Å². The molecule has 2 aliphatic heterocycles. The lowest BCUT2D eigenvalue weighted by atomic mass is 10.0. The van der Waals surface area contributed by atoms with Gasteiger partial charge in [0, 0.05) is 31.2 Å². The zero-order valence-corrected chi connectivity index (χ0v) is 15.5. The van der Waals surface area contributed by atoms with E-state index in [-0.39, 0.29) is 11.8 Å². The lowest BCUT2D eigenvalue weighted by molar-refractivity contribution is -0.130. The third-order valence-electron chi connectivity index (χ3n) is 5.60. The number of carbonyl (C=O) groups is 2. The van der Waals surface area contributed by atoms with Crippen LogP contribution in [-0.4, -0.2) is 54.8 Å². The van der Waals surface area contributed by atoms with Crippen molar-refractivity contribution in [2.45, 2.75) is 45.1 Å². The van der Waals surface area contributed by atoms with Gasteiger partial charge in [0.2, 0.25) is 11.8 Å². The number of anilines is 1. The number of rotatable bonds is 6. The molecule has 25 heavy (non-hydrogen) atoms. The van der Waals surface area contributed by atoms with Crippen LogP contribution in [0.25, 0.3) is 0 Å². The molecule has 5 nitrogen and oxygen atoms in total. The minimum atomic E-state index is 0.0669. The molecule has 0 aliphatic carbocycles. The number of hydrogen-bond donors (Lipinski definition) is 1. The minimum Gasteiger partial charge on any atom is -0.341 e. The first kappa shape index (κ1) is 17.9. The highest BCUT2D eigenvalue weighted by Crippen LogP contribution is 2.26. The number of carbonyl (C=O) groups excluding carboxylic acids is 2. The van der Waals surface area contributed by atoms with E-state index in [9.17, 15) is 9.59 Å². The number of aryl methyl sites for hydroxylation is 1. The molecule has 0 saturated carbocycles. The number of benzene rings is 1. The molecule has 2 amide bonds. The van der Waals surface area contributed by atoms with E-state index < -0.39 is 0 Å². The summed E-state index contributed by atoms with van der Waals surface area (Å²) >= 11 is 0. The number of likely N-dealkylation sites (tertiary alicyclic amines) is 1. The third kappa shape index (κ3) is 4.03. The van der Waals surface area contributed by atoms with Crippen molar-refractivity contribution in [1.82, 2.24) is 9.80 Å². The van der Waals surface area contributed by atoms with Gasteiger partial charge in [-0.1, -0.05) is 25.5 Å². The number of hydrogen-bond acceptors (Lipinski definition) is 3. The van der Waals surface area contributed by atoms with Crippen LogP contribution in [-0.2, 0) is 22.4 Å². The Labute approximate surface area is 150 Å². The molecule has 0 aromatic heterocycles.